The molecule has 3 heteroatoms. The summed E-state index contributed by atoms with van der Waals surface area (Å²) < 4.78 is 0. The average molecular weight is 194 g/mol. The van der Waals surface area contributed by atoms with E-state index in [4.69, 9.17) is 5.73 Å². The molecule has 0 saturated heterocycles. The zero-order valence-corrected chi connectivity index (χ0v) is 8.80. The Labute approximate surface area is 84.9 Å². The molecule has 0 bridgehead atoms. The predicted octanol–water partition coefficient (Wildman–Crippen LogP) is 1.06. The molecule has 0 aromatic heterocycles. The molecule has 0 fully saturated rings. The van der Waals surface area contributed by atoms with Crippen LogP contribution in [-0.4, -0.2) is 18.2 Å². The highest BCUT2D eigenvalue weighted by atomic mass is 16.3. The Morgan fingerprint density at radius 2 is 2.07 bits per heavy atom. The van der Waals surface area contributed by atoms with Crippen LogP contribution in [0.1, 0.15) is 16.7 Å². The van der Waals surface area contributed by atoms with Crippen LogP contribution < -0.4 is 11.1 Å². The van der Waals surface area contributed by atoms with Gasteiger partial charge in [-0.25, -0.2) is 0 Å². The van der Waals surface area contributed by atoms with Crippen molar-refractivity contribution in [2.45, 2.75) is 20.4 Å². The molecular weight excluding hydrogens is 176 g/mol. The molecular formula is C11H18N2O. The van der Waals surface area contributed by atoms with Gasteiger partial charge in [0.2, 0.25) is 0 Å². The molecule has 0 amide bonds. The molecule has 78 valence electrons. The third kappa shape index (κ3) is 2.72. The minimum Gasteiger partial charge on any atom is -0.507 e. The molecule has 14 heavy (non-hydrogen) atoms. The fourth-order valence-electron chi connectivity index (χ4n) is 1.51. The summed E-state index contributed by atoms with van der Waals surface area (Å²) in [6.45, 7) is 6.00. The van der Waals surface area contributed by atoms with Gasteiger partial charge in [0.05, 0.1) is 0 Å². The topological polar surface area (TPSA) is 58.3 Å². The Morgan fingerprint density at radius 1 is 1.36 bits per heavy atom. The summed E-state index contributed by atoms with van der Waals surface area (Å²) in [6, 6.07) is 3.97. The van der Waals surface area contributed by atoms with Crippen LogP contribution in [0.2, 0.25) is 0 Å². The molecule has 1 rings (SSSR count). The lowest BCUT2D eigenvalue weighted by atomic mass is 10.1. The van der Waals surface area contributed by atoms with Gasteiger partial charge in [-0.2, -0.15) is 0 Å². The molecule has 0 spiro atoms. The van der Waals surface area contributed by atoms with Crippen molar-refractivity contribution < 1.29 is 5.11 Å². The van der Waals surface area contributed by atoms with E-state index in [2.05, 4.69) is 5.32 Å². The third-order valence-corrected chi connectivity index (χ3v) is 2.16. The molecule has 0 unspecified atom stereocenters. The lowest BCUT2D eigenvalue weighted by Crippen LogP contribution is -2.22. The van der Waals surface area contributed by atoms with Gasteiger partial charge in [-0.1, -0.05) is 17.7 Å². The molecule has 0 aliphatic carbocycles. The number of aryl methyl sites for hydroxylation is 2. The zero-order chi connectivity index (χ0) is 10.6. The standard InChI is InChI=1S/C11H18N2O/c1-8-5-9(2)11(14)10(6-8)7-13-4-3-12/h5-6,13-14H,3-4,7,12H2,1-2H3. The lowest BCUT2D eigenvalue weighted by molar-refractivity contribution is 0.460. The van der Waals surface area contributed by atoms with Crippen molar-refractivity contribution in [2.24, 2.45) is 5.73 Å². The lowest BCUT2D eigenvalue weighted by Gasteiger charge is -2.09. The number of aromatic hydroxyl groups is 1. The van der Waals surface area contributed by atoms with Crippen molar-refractivity contribution in [1.29, 1.82) is 0 Å². The van der Waals surface area contributed by atoms with Gasteiger partial charge < -0.3 is 16.2 Å². The van der Waals surface area contributed by atoms with Gasteiger partial charge in [-0.15, -0.1) is 0 Å². The fourth-order valence-corrected chi connectivity index (χ4v) is 1.51. The molecule has 0 aliphatic rings. The van der Waals surface area contributed by atoms with E-state index >= 15 is 0 Å². The van der Waals surface area contributed by atoms with Crippen LogP contribution in [0.4, 0.5) is 0 Å². The first-order valence-electron chi connectivity index (χ1n) is 4.85. The van der Waals surface area contributed by atoms with E-state index < -0.39 is 0 Å². The van der Waals surface area contributed by atoms with E-state index in [1.807, 2.05) is 26.0 Å². The SMILES string of the molecule is Cc1cc(C)c(O)c(CNCCN)c1. The number of nitrogens with one attached hydrogen (secondary N) is 1. The first-order chi connectivity index (χ1) is 6.65. The Bertz CT molecular complexity index is 310. The number of hydrogen-bond donors (Lipinski definition) is 3. The van der Waals surface area contributed by atoms with Gasteiger partial charge in [0.15, 0.2) is 0 Å². The maximum atomic E-state index is 9.75. The van der Waals surface area contributed by atoms with Gasteiger partial charge >= 0.3 is 0 Å². The monoisotopic (exact) mass is 194 g/mol. The summed E-state index contributed by atoms with van der Waals surface area (Å²) in [4.78, 5) is 0. The Hall–Kier alpha value is -1.06. The van der Waals surface area contributed by atoms with E-state index in [-0.39, 0.29) is 0 Å². The highest BCUT2D eigenvalue weighted by Gasteiger charge is 2.04. The van der Waals surface area contributed by atoms with Crippen molar-refractivity contribution in [3.05, 3.63) is 28.8 Å². The van der Waals surface area contributed by atoms with E-state index in [1.54, 1.807) is 0 Å². The zero-order valence-electron chi connectivity index (χ0n) is 8.80. The van der Waals surface area contributed by atoms with Gasteiger partial charge in [0, 0.05) is 25.2 Å². The third-order valence-electron chi connectivity index (χ3n) is 2.16. The van der Waals surface area contributed by atoms with Gasteiger partial charge in [-0.3, -0.25) is 0 Å². The normalized spacial score (nSPS) is 10.5. The molecule has 0 atom stereocenters. The second kappa shape index (κ2) is 4.98. The minimum atomic E-state index is 0.389. The van der Waals surface area contributed by atoms with Crippen LogP contribution in [-0.2, 0) is 6.54 Å². The second-order valence-corrected chi connectivity index (χ2v) is 3.56. The highest BCUT2D eigenvalue weighted by Crippen LogP contribution is 2.23. The predicted molar refractivity (Wildman–Crippen MR) is 58.3 cm³/mol. The van der Waals surface area contributed by atoms with Crippen LogP contribution >= 0.6 is 0 Å². The summed E-state index contributed by atoms with van der Waals surface area (Å²) in [5.74, 6) is 0.389. The van der Waals surface area contributed by atoms with Crippen LogP contribution in [0.15, 0.2) is 12.1 Å². The molecule has 3 nitrogen and oxygen atoms in total. The second-order valence-electron chi connectivity index (χ2n) is 3.56. The van der Waals surface area contributed by atoms with Crippen molar-refractivity contribution in [1.82, 2.24) is 5.32 Å². The molecule has 0 radical (unpaired) electrons. The number of rotatable bonds is 4. The molecule has 0 aliphatic heterocycles. The van der Waals surface area contributed by atoms with Crippen LogP contribution in [0.5, 0.6) is 5.75 Å². The average Bonchev–Trinajstić information content (AvgIpc) is 2.13. The van der Waals surface area contributed by atoms with Crippen molar-refractivity contribution in [3.8, 4) is 5.75 Å². The van der Waals surface area contributed by atoms with Crippen molar-refractivity contribution in [3.63, 3.8) is 0 Å². The Balaban J connectivity index is 2.75. The molecule has 1 aromatic carbocycles. The van der Waals surface area contributed by atoms with E-state index in [9.17, 15) is 5.11 Å². The Morgan fingerprint density at radius 3 is 2.71 bits per heavy atom. The smallest absolute Gasteiger partial charge is 0.122 e. The van der Waals surface area contributed by atoms with Gasteiger partial charge in [0.25, 0.3) is 0 Å². The number of phenols is 1. The summed E-state index contributed by atoms with van der Waals surface area (Å²) in [5.41, 5.74) is 8.40. The maximum absolute atomic E-state index is 9.75. The van der Waals surface area contributed by atoms with Crippen molar-refractivity contribution >= 4 is 0 Å². The first-order valence-corrected chi connectivity index (χ1v) is 4.85. The van der Waals surface area contributed by atoms with E-state index in [1.165, 1.54) is 5.56 Å². The summed E-state index contributed by atoms with van der Waals surface area (Å²) >= 11 is 0. The molecule has 1 aromatic rings. The first kappa shape index (κ1) is 11.0. The Kier molecular flexibility index (Phi) is 3.92. The van der Waals surface area contributed by atoms with Crippen LogP contribution in [0.3, 0.4) is 0 Å². The molecule has 0 saturated carbocycles. The number of phenolic OH excluding ortho intramolecular Hbond substituents is 1. The maximum Gasteiger partial charge on any atom is 0.122 e. The van der Waals surface area contributed by atoms with Gasteiger partial charge in [-0.05, 0) is 19.4 Å². The van der Waals surface area contributed by atoms with E-state index in [0.29, 0.717) is 18.8 Å². The quantitative estimate of drug-likeness (QED) is 0.628. The van der Waals surface area contributed by atoms with Crippen LogP contribution in [0, 0.1) is 13.8 Å². The fraction of sp³-hybridized carbons (Fsp3) is 0.455. The van der Waals surface area contributed by atoms with E-state index in [0.717, 1.165) is 17.7 Å². The van der Waals surface area contributed by atoms with Gasteiger partial charge in [0.1, 0.15) is 5.75 Å². The highest BCUT2D eigenvalue weighted by molar-refractivity contribution is 5.42. The summed E-state index contributed by atoms with van der Waals surface area (Å²) in [5, 5.41) is 12.9. The summed E-state index contributed by atoms with van der Waals surface area (Å²) in [7, 11) is 0. The summed E-state index contributed by atoms with van der Waals surface area (Å²) in [6.07, 6.45) is 0. The largest absolute Gasteiger partial charge is 0.507 e. The van der Waals surface area contributed by atoms with Crippen LogP contribution in [0.25, 0.3) is 0 Å². The van der Waals surface area contributed by atoms with Crippen molar-refractivity contribution in [2.75, 3.05) is 13.1 Å². The molecule has 4 N–H and O–H groups in total. The molecule has 0 heterocycles. The number of hydrogen-bond acceptors (Lipinski definition) is 3. The minimum absolute atomic E-state index is 0.389. The number of benzene rings is 1. The number of nitrogens with two attached hydrogens (primary N) is 1.